The first-order chi connectivity index (χ1) is 14.8. The van der Waals surface area contributed by atoms with E-state index in [9.17, 15) is 19.1 Å². The molecule has 0 unspecified atom stereocenters. The van der Waals surface area contributed by atoms with Gasteiger partial charge in [-0.3, -0.25) is 9.69 Å². The molecule has 2 aromatic carbocycles. The van der Waals surface area contributed by atoms with Crippen molar-refractivity contribution in [3.05, 3.63) is 69.0 Å². The van der Waals surface area contributed by atoms with Gasteiger partial charge in [0, 0.05) is 37.1 Å². The summed E-state index contributed by atoms with van der Waals surface area (Å²) in [6, 6.07) is 6.77. The molecule has 5 rings (SSSR count). The molecule has 3 heterocycles. The summed E-state index contributed by atoms with van der Waals surface area (Å²) in [5, 5.41) is 9.38. The lowest BCUT2D eigenvalue weighted by atomic mass is 10.1. The van der Waals surface area contributed by atoms with E-state index in [1.165, 1.54) is 28.8 Å². The molecule has 0 radical (unpaired) electrons. The van der Waals surface area contributed by atoms with Gasteiger partial charge >= 0.3 is 5.97 Å². The number of pyridine rings is 1. The Hall–Kier alpha value is -2.97. The maximum atomic E-state index is 15.3. The summed E-state index contributed by atoms with van der Waals surface area (Å²) in [5.74, 6) is -2.58. The zero-order chi connectivity index (χ0) is 22.0. The van der Waals surface area contributed by atoms with Crippen molar-refractivity contribution in [2.24, 2.45) is 0 Å². The SMILES string of the molecule is CN1C[C@@H]2C[C@H]1CN2c1c(F)cc2c(=O)c(C(=O)O)cn(-c3ccc(F)cc3)c2c1Cl. The van der Waals surface area contributed by atoms with Crippen LogP contribution >= 0.6 is 11.6 Å². The van der Waals surface area contributed by atoms with Gasteiger partial charge < -0.3 is 14.6 Å². The normalized spacial score (nSPS) is 20.7. The van der Waals surface area contributed by atoms with Gasteiger partial charge in [-0.2, -0.15) is 0 Å². The molecule has 2 fully saturated rings. The van der Waals surface area contributed by atoms with E-state index < -0.39 is 28.6 Å². The highest BCUT2D eigenvalue weighted by Crippen LogP contribution is 2.42. The summed E-state index contributed by atoms with van der Waals surface area (Å²) >= 11 is 6.71. The van der Waals surface area contributed by atoms with Crippen LogP contribution in [0.3, 0.4) is 0 Å². The monoisotopic (exact) mass is 445 g/mol. The molecule has 0 spiro atoms. The van der Waals surface area contributed by atoms with Gasteiger partial charge in [-0.1, -0.05) is 11.6 Å². The average molecular weight is 446 g/mol. The number of hydrogen-bond donors (Lipinski definition) is 1. The molecule has 2 aliphatic heterocycles. The fraction of sp³-hybridized carbons (Fsp3) is 0.273. The molecule has 160 valence electrons. The molecule has 2 atom stereocenters. The van der Waals surface area contributed by atoms with Crippen molar-refractivity contribution in [2.45, 2.75) is 18.5 Å². The van der Waals surface area contributed by atoms with Crippen LogP contribution in [-0.4, -0.2) is 52.8 Å². The number of piperazine rings is 1. The molecule has 3 aromatic rings. The van der Waals surface area contributed by atoms with Gasteiger partial charge in [0.2, 0.25) is 5.43 Å². The lowest BCUT2D eigenvalue weighted by Crippen LogP contribution is -2.45. The molecule has 2 aliphatic rings. The Kier molecular flexibility index (Phi) is 4.53. The third-order valence-electron chi connectivity index (χ3n) is 6.29. The highest BCUT2D eigenvalue weighted by molar-refractivity contribution is 6.38. The maximum absolute atomic E-state index is 15.3. The summed E-state index contributed by atoms with van der Waals surface area (Å²) < 4.78 is 30.1. The number of aromatic nitrogens is 1. The van der Waals surface area contributed by atoms with E-state index in [4.69, 9.17) is 11.6 Å². The second kappa shape index (κ2) is 7.03. The lowest BCUT2D eigenvalue weighted by Gasteiger charge is -2.34. The van der Waals surface area contributed by atoms with Gasteiger partial charge in [-0.15, -0.1) is 0 Å². The Morgan fingerprint density at radius 2 is 1.87 bits per heavy atom. The Morgan fingerprint density at radius 3 is 2.45 bits per heavy atom. The van der Waals surface area contributed by atoms with Crippen LogP contribution in [-0.2, 0) is 0 Å². The number of nitrogens with zero attached hydrogens (tertiary/aromatic N) is 3. The van der Waals surface area contributed by atoms with Crippen LogP contribution in [0.15, 0.2) is 41.3 Å². The zero-order valence-corrected chi connectivity index (χ0v) is 17.2. The Bertz CT molecular complexity index is 1290. The summed E-state index contributed by atoms with van der Waals surface area (Å²) in [5.41, 5.74) is -0.558. The maximum Gasteiger partial charge on any atom is 0.341 e. The van der Waals surface area contributed by atoms with Gasteiger partial charge in [-0.05, 0) is 43.8 Å². The molecule has 1 N–H and O–H groups in total. The molecule has 0 amide bonds. The number of likely N-dealkylation sites (tertiary alicyclic amines) is 1. The van der Waals surface area contributed by atoms with E-state index in [1.54, 1.807) is 0 Å². The van der Waals surface area contributed by atoms with Crippen molar-refractivity contribution >= 4 is 34.2 Å². The molecular weight excluding hydrogens is 428 g/mol. The van der Waals surface area contributed by atoms with Crippen molar-refractivity contribution in [1.82, 2.24) is 9.47 Å². The van der Waals surface area contributed by atoms with Gasteiger partial charge in [-0.25, -0.2) is 13.6 Å². The molecule has 9 heteroatoms. The number of carboxylic acid groups (broad SMARTS) is 1. The van der Waals surface area contributed by atoms with Crippen LogP contribution in [0, 0.1) is 11.6 Å². The lowest BCUT2D eigenvalue weighted by molar-refractivity contribution is 0.0695. The number of hydrogen-bond acceptors (Lipinski definition) is 4. The smallest absolute Gasteiger partial charge is 0.341 e. The molecule has 31 heavy (non-hydrogen) atoms. The summed E-state index contributed by atoms with van der Waals surface area (Å²) in [7, 11) is 2.03. The minimum absolute atomic E-state index is 0.0311. The van der Waals surface area contributed by atoms with E-state index in [-0.39, 0.29) is 27.7 Å². The quantitative estimate of drug-likeness (QED) is 0.668. The van der Waals surface area contributed by atoms with Crippen molar-refractivity contribution in [1.29, 1.82) is 0 Å². The van der Waals surface area contributed by atoms with Crippen molar-refractivity contribution in [2.75, 3.05) is 25.0 Å². The first-order valence-corrected chi connectivity index (χ1v) is 10.2. The van der Waals surface area contributed by atoms with Crippen LogP contribution in [0.2, 0.25) is 5.02 Å². The van der Waals surface area contributed by atoms with Gasteiger partial charge in [0.1, 0.15) is 17.2 Å². The predicted molar refractivity (Wildman–Crippen MR) is 114 cm³/mol. The first-order valence-electron chi connectivity index (χ1n) is 9.79. The summed E-state index contributed by atoms with van der Waals surface area (Å²) in [4.78, 5) is 28.6. The van der Waals surface area contributed by atoms with E-state index in [2.05, 4.69) is 4.90 Å². The molecule has 6 nitrogen and oxygen atoms in total. The number of benzene rings is 2. The molecule has 0 saturated carbocycles. The largest absolute Gasteiger partial charge is 0.477 e. The molecule has 2 bridgehead atoms. The van der Waals surface area contributed by atoms with E-state index >= 15 is 4.39 Å². The second-order valence-corrected chi connectivity index (χ2v) is 8.45. The second-order valence-electron chi connectivity index (χ2n) is 8.08. The fourth-order valence-corrected chi connectivity index (χ4v) is 5.16. The molecule has 2 saturated heterocycles. The van der Waals surface area contributed by atoms with Crippen LogP contribution < -0.4 is 10.3 Å². The number of halogens is 3. The van der Waals surface area contributed by atoms with Crippen LogP contribution in [0.1, 0.15) is 16.8 Å². The first kappa shape index (κ1) is 20.0. The Morgan fingerprint density at radius 1 is 1.16 bits per heavy atom. The number of carboxylic acids is 1. The van der Waals surface area contributed by atoms with Crippen LogP contribution in [0.5, 0.6) is 0 Å². The number of likely N-dealkylation sites (N-methyl/N-ethyl adjacent to an activating group) is 1. The highest BCUT2D eigenvalue weighted by atomic mass is 35.5. The zero-order valence-electron chi connectivity index (χ0n) is 16.5. The predicted octanol–water partition coefficient (Wildman–Crippen LogP) is 3.51. The standard InChI is InChI=1S/C22H18ClF2N3O3/c1-26-8-14-6-13(26)9-27(14)20-17(25)7-15-19(18(20)23)28(10-16(21(15)29)22(30)31)12-4-2-11(24)3-5-12/h2-5,7,10,13-14H,6,8-9H2,1H3,(H,30,31)/t13-,14-/m0/s1. The van der Waals surface area contributed by atoms with Crippen LogP contribution in [0.4, 0.5) is 14.5 Å². The van der Waals surface area contributed by atoms with E-state index in [0.29, 0.717) is 18.3 Å². The highest BCUT2D eigenvalue weighted by Gasteiger charge is 2.43. The number of aromatic carboxylic acids is 1. The van der Waals surface area contributed by atoms with Crippen molar-refractivity contribution in [3.8, 4) is 5.69 Å². The van der Waals surface area contributed by atoms with E-state index in [1.807, 2.05) is 11.9 Å². The van der Waals surface area contributed by atoms with Gasteiger partial charge in [0.25, 0.3) is 0 Å². The topological polar surface area (TPSA) is 65.8 Å². The summed E-state index contributed by atoms with van der Waals surface area (Å²) in [6.45, 7) is 1.39. The molecule has 0 aliphatic carbocycles. The molecular formula is C22H18ClF2N3O3. The molecule has 1 aromatic heterocycles. The fourth-order valence-electron chi connectivity index (χ4n) is 4.77. The minimum Gasteiger partial charge on any atom is -0.477 e. The summed E-state index contributed by atoms with van der Waals surface area (Å²) in [6.07, 6.45) is 2.05. The van der Waals surface area contributed by atoms with Crippen LogP contribution in [0.25, 0.3) is 16.6 Å². The average Bonchev–Trinajstić information content (AvgIpc) is 3.29. The van der Waals surface area contributed by atoms with Crippen molar-refractivity contribution in [3.63, 3.8) is 0 Å². The van der Waals surface area contributed by atoms with Crippen molar-refractivity contribution < 1.29 is 18.7 Å². The van der Waals surface area contributed by atoms with Gasteiger partial charge in [0.15, 0.2) is 0 Å². The van der Waals surface area contributed by atoms with Gasteiger partial charge in [0.05, 0.1) is 21.6 Å². The number of anilines is 1. The Labute approximate surface area is 180 Å². The number of carbonyl (C=O) groups is 1. The number of fused-ring (bicyclic) bond motifs is 3. The Balaban J connectivity index is 1.81. The minimum atomic E-state index is -1.44. The number of rotatable bonds is 3. The third kappa shape index (κ3) is 3.01. The third-order valence-corrected chi connectivity index (χ3v) is 6.65. The van der Waals surface area contributed by atoms with E-state index in [0.717, 1.165) is 25.2 Å².